The molecule has 108 valence electrons. The highest BCUT2D eigenvalue weighted by molar-refractivity contribution is 6.30. The first-order valence-corrected chi connectivity index (χ1v) is 6.57. The molecule has 1 N–H and O–H groups in total. The summed E-state index contributed by atoms with van der Waals surface area (Å²) in [6, 6.07) is 12.6. The summed E-state index contributed by atoms with van der Waals surface area (Å²) in [7, 11) is 0. The highest BCUT2D eigenvalue weighted by Gasteiger charge is 2.21. The van der Waals surface area contributed by atoms with Crippen molar-refractivity contribution in [1.29, 1.82) is 0 Å². The van der Waals surface area contributed by atoms with E-state index in [-0.39, 0.29) is 12.1 Å². The van der Waals surface area contributed by atoms with E-state index >= 15 is 0 Å². The quantitative estimate of drug-likeness (QED) is 0.675. The van der Waals surface area contributed by atoms with Crippen LogP contribution >= 0.6 is 11.6 Å². The maximum Gasteiger partial charge on any atom is 0.311 e. The van der Waals surface area contributed by atoms with Gasteiger partial charge in [0.2, 0.25) is 0 Å². The van der Waals surface area contributed by atoms with Crippen LogP contribution in [0.1, 0.15) is 17.0 Å². The van der Waals surface area contributed by atoms with Crippen LogP contribution in [0.4, 0.5) is 5.69 Å². The fourth-order valence-electron chi connectivity index (χ4n) is 2.08. The molecular formula is C15H12ClNO4. The van der Waals surface area contributed by atoms with Crippen LogP contribution in [-0.2, 0) is 11.2 Å². The third kappa shape index (κ3) is 3.79. The molecule has 2 aromatic carbocycles. The molecule has 0 saturated carbocycles. The second-order valence-corrected chi connectivity index (χ2v) is 5.01. The second kappa shape index (κ2) is 6.37. The molecule has 0 saturated heterocycles. The third-order valence-electron chi connectivity index (χ3n) is 3.13. The summed E-state index contributed by atoms with van der Waals surface area (Å²) in [5.41, 5.74) is 1.16. The van der Waals surface area contributed by atoms with Gasteiger partial charge in [0.15, 0.2) is 0 Å². The normalized spacial score (nSPS) is 11.9. The first-order valence-electron chi connectivity index (χ1n) is 6.19. The van der Waals surface area contributed by atoms with Crippen LogP contribution in [0.15, 0.2) is 48.5 Å². The van der Waals surface area contributed by atoms with Gasteiger partial charge in [0.25, 0.3) is 5.69 Å². The SMILES string of the molecule is O=C(O)C(Cc1cccc([N+](=O)[O-])c1)c1ccc(Cl)cc1. The molecule has 0 bridgehead atoms. The number of nitro groups is 1. The number of nitrogens with zero attached hydrogens (tertiary/aromatic N) is 1. The topological polar surface area (TPSA) is 80.4 Å². The Kier molecular flexibility index (Phi) is 4.55. The number of carboxylic acid groups (broad SMARTS) is 1. The van der Waals surface area contributed by atoms with Gasteiger partial charge in [-0.3, -0.25) is 14.9 Å². The smallest absolute Gasteiger partial charge is 0.311 e. The molecule has 0 amide bonds. The van der Waals surface area contributed by atoms with Gasteiger partial charge < -0.3 is 5.11 Å². The summed E-state index contributed by atoms with van der Waals surface area (Å²) < 4.78 is 0. The molecule has 5 nitrogen and oxygen atoms in total. The lowest BCUT2D eigenvalue weighted by molar-refractivity contribution is -0.384. The molecule has 2 rings (SSSR count). The van der Waals surface area contributed by atoms with Gasteiger partial charge in [-0.05, 0) is 29.7 Å². The minimum Gasteiger partial charge on any atom is -0.481 e. The fraction of sp³-hybridized carbons (Fsp3) is 0.133. The monoisotopic (exact) mass is 305 g/mol. The molecule has 0 aliphatic rings. The Hall–Kier alpha value is -2.40. The van der Waals surface area contributed by atoms with Gasteiger partial charge >= 0.3 is 5.97 Å². The third-order valence-corrected chi connectivity index (χ3v) is 3.38. The Morgan fingerprint density at radius 2 is 1.90 bits per heavy atom. The zero-order valence-corrected chi connectivity index (χ0v) is 11.7. The second-order valence-electron chi connectivity index (χ2n) is 4.57. The van der Waals surface area contributed by atoms with Gasteiger partial charge in [0.1, 0.15) is 0 Å². The number of halogens is 1. The van der Waals surface area contributed by atoms with Crippen LogP contribution in [0.2, 0.25) is 5.02 Å². The maximum absolute atomic E-state index is 11.4. The van der Waals surface area contributed by atoms with Crippen molar-refractivity contribution in [2.75, 3.05) is 0 Å². The standard InChI is InChI=1S/C15H12ClNO4/c16-12-6-4-11(5-7-12)14(15(18)19)9-10-2-1-3-13(8-10)17(20)21/h1-8,14H,9H2,(H,18,19). The van der Waals surface area contributed by atoms with Crippen molar-refractivity contribution in [3.63, 3.8) is 0 Å². The predicted octanol–water partition coefficient (Wildman–Crippen LogP) is 3.66. The van der Waals surface area contributed by atoms with Crippen molar-refractivity contribution < 1.29 is 14.8 Å². The Morgan fingerprint density at radius 1 is 1.24 bits per heavy atom. The summed E-state index contributed by atoms with van der Waals surface area (Å²) in [5, 5.41) is 20.6. The van der Waals surface area contributed by atoms with Crippen LogP contribution < -0.4 is 0 Å². The molecule has 0 heterocycles. The number of benzene rings is 2. The largest absolute Gasteiger partial charge is 0.481 e. The van der Waals surface area contributed by atoms with E-state index in [1.807, 2.05) is 0 Å². The molecule has 0 aliphatic carbocycles. The van der Waals surface area contributed by atoms with E-state index in [0.29, 0.717) is 16.1 Å². The first-order chi connectivity index (χ1) is 9.97. The average molecular weight is 306 g/mol. The van der Waals surface area contributed by atoms with E-state index in [0.717, 1.165) is 0 Å². The number of hydrogen-bond donors (Lipinski definition) is 1. The van der Waals surface area contributed by atoms with Crippen LogP contribution in [-0.4, -0.2) is 16.0 Å². The van der Waals surface area contributed by atoms with Crippen molar-refractivity contribution in [2.45, 2.75) is 12.3 Å². The van der Waals surface area contributed by atoms with E-state index in [9.17, 15) is 20.0 Å². The Labute approximate surface area is 125 Å². The van der Waals surface area contributed by atoms with E-state index in [1.165, 1.54) is 12.1 Å². The number of nitro benzene ring substituents is 1. The number of hydrogen-bond acceptors (Lipinski definition) is 3. The lowest BCUT2D eigenvalue weighted by atomic mass is 9.92. The van der Waals surface area contributed by atoms with Gasteiger partial charge in [0.05, 0.1) is 10.8 Å². The van der Waals surface area contributed by atoms with Crippen molar-refractivity contribution in [3.05, 3.63) is 74.8 Å². The molecular weight excluding hydrogens is 294 g/mol. The fourth-order valence-corrected chi connectivity index (χ4v) is 2.20. The molecule has 0 aliphatic heterocycles. The highest BCUT2D eigenvalue weighted by Crippen LogP contribution is 2.24. The Bertz CT molecular complexity index is 670. The number of rotatable bonds is 5. The summed E-state index contributed by atoms with van der Waals surface area (Å²) in [4.78, 5) is 21.7. The summed E-state index contributed by atoms with van der Waals surface area (Å²) in [6.45, 7) is 0. The lowest BCUT2D eigenvalue weighted by Gasteiger charge is -2.13. The van der Waals surface area contributed by atoms with Gasteiger partial charge in [0, 0.05) is 17.2 Å². The molecule has 0 aromatic heterocycles. The zero-order chi connectivity index (χ0) is 15.4. The molecule has 0 fully saturated rings. The average Bonchev–Trinajstić information content (AvgIpc) is 2.46. The van der Waals surface area contributed by atoms with Gasteiger partial charge in [-0.1, -0.05) is 35.9 Å². The lowest BCUT2D eigenvalue weighted by Crippen LogP contribution is -2.14. The minimum atomic E-state index is -0.983. The molecule has 21 heavy (non-hydrogen) atoms. The minimum absolute atomic E-state index is 0.0484. The summed E-state index contributed by atoms with van der Waals surface area (Å²) >= 11 is 5.79. The molecule has 6 heteroatoms. The zero-order valence-electron chi connectivity index (χ0n) is 10.9. The summed E-state index contributed by atoms with van der Waals surface area (Å²) in [5.74, 6) is -1.76. The molecule has 2 aromatic rings. The van der Waals surface area contributed by atoms with E-state index in [1.54, 1.807) is 36.4 Å². The predicted molar refractivity (Wildman–Crippen MR) is 78.6 cm³/mol. The number of carbonyl (C=O) groups is 1. The molecule has 1 unspecified atom stereocenters. The Morgan fingerprint density at radius 3 is 2.48 bits per heavy atom. The van der Waals surface area contributed by atoms with E-state index in [4.69, 9.17) is 11.6 Å². The first kappa shape index (κ1) is 15.0. The van der Waals surface area contributed by atoms with E-state index < -0.39 is 16.8 Å². The molecule has 1 atom stereocenters. The van der Waals surface area contributed by atoms with E-state index in [2.05, 4.69) is 0 Å². The van der Waals surface area contributed by atoms with Crippen LogP contribution in [0, 0.1) is 10.1 Å². The number of non-ortho nitro benzene ring substituents is 1. The van der Waals surface area contributed by atoms with Crippen LogP contribution in [0.5, 0.6) is 0 Å². The highest BCUT2D eigenvalue weighted by atomic mass is 35.5. The summed E-state index contributed by atoms with van der Waals surface area (Å²) in [6.07, 6.45) is 0.179. The molecule has 0 spiro atoms. The van der Waals surface area contributed by atoms with Crippen molar-refractivity contribution in [2.24, 2.45) is 0 Å². The van der Waals surface area contributed by atoms with Gasteiger partial charge in [-0.15, -0.1) is 0 Å². The van der Waals surface area contributed by atoms with Gasteiger partial charge in [-0.2, -0.15) is 0 Å². The van der Waals surface area contributed by atoms with Crippen molar-refractivity contribution in [3.8, 4) is 0 Å². The van der Waals surface area contributed by atoms with Crippen LogP contribution in [0.3, 0.4) is 0 Å². The number of aliphatic carboxylic acids is 1. The number of carboxylic acids is 1. The molecule has 0 radical (unpaired) electrons. The Balaban J connectivity index is 2.28. The van der Waals surface area contributed by atoms with Crippen molar-refractivity contribution >= 4 is 23.3 Å². The van der Waals surface area contributed by atoms with Crippen molar-refractivity contribution in [1.82, 2.24) is 0 Å². The van der Waals surface area contributed by atoms with Crippen LogP contribution in [0.25, 0.3) is 0 Å². The maximum atomic E-state index is 11.4. The van der Waals surface area contributed by atoms with Gasteiger partial charge in [-0.25, -0.2) is 0 Å².